The van der Waals surface area contributed by atoms with Gasteiger partial charge in [0.05, 0.1) is 4.90 Å². The third-order valence-corrected chi connectivity index (χ3v) is 5.51. The first-order chi connectivity index (χ1) is 10.2. The highest BCUT2D eigenvalue weighted by molar-refractivity contribution is 7.89. The molecule has 1 saturated heterocycles. The number of benzene rings is 2. The van der Waals surface area contributed by atoms with E-state index < -0.39 is 10.0 Å². The fourth-order valence-corrected chi connectivity index (χ4v) is 4.15. The molecule has 5 heteroatoms. The Hall–Kier alpha value is -1.43. The Balaban J connectivity index is 1.76. The van der Waals surface area contributed by atoms with E-state index in [1.54, 1.807) is 12.1 Å². The summed E-state index contributed by atoms with van der Waals surface area (Å²) in [7, 11) is -3.46. The van der Waals surface area contributed by atoms with Gasteiger partial charge in [-0.1, -0.05) is 36.4 Å². The molecule has 0 amide bonds. The summed E-state index contributed by atoms with van der Waals surface area (Å²) in [5.74, 6) is 0. The van der Waals surface area contributed by atoms with Gasteiger partial charge < -0.3 is 5.32 Å². The van der Waals surface area contributed by atoms with E-state index in [2.05, 4.69) is 10.0 Å². The second-order valence-corrected chi connectivity index (χ2v) is 7.19. The van der Waals surface area contributed by atoms with Crippen LogP contribution >= 0.6 is 0 Å². The molecular weight excluding hydrogens is 284 g/mol. The number of sulfonamides is 1. The highest BCUT2D eigenvalue weighted by atomic mass is 32.2. The van der Waals surface area contributed by atoms with Crippen molar-refractivity contribution in [3.05, 3.63) is 42.5 Å². The molecule has 0 bridgehead atoms. The Kier molecular flexibility index (Phi) is 4.24. The summed E-state index contributed by atoms with van der Waals surface area (Å²) in [6, 6.07) is 13.4. The van der Waals surface area contributed by atoms with Crippen LogP contribution in [-0.4, -0.2) is 27.5 Å². The molecule has 4 nitrogen and oxygen atoms in total. The van der Waals surface area contributed by atoms with Crippen molar-refractivity contribution >= 4 is 20.8 Å². The number of rotatable bonds is 5. The molecule has 3 rings (SSSR count). The number of fused-ring (bicyclic) bond motifs is 1. The van der Waals surface area contributed by atoms with Gasteiger partial charge in [0, 0.05) is 18.0 Å². The quantitative estimate of drug-likeness (QED) is 0.891. The summed E-state index contributed by atoms with van der Waals surface area (Å²) in [6.45, 7) is 1.52. The molecule has 112 valence electrons. The standard InChI is InChI=1S/C16H20N2O2S/c19-21(20,18-12-10-14-7-4-11-17-14)16-9-3-6-13-5-1-2-8-15(13)16/h1-3,5-6,8-9,14,17-18H,4,7,10-12H2. The number of hydrogen-bond acceptors (Lipinski definition) is 3. The lowest BCUT2D eigenvalue weighted by molar-refractivity contribution is 0.540. The predicted octanol–water partition coefficient (Wildman–Crippen LogP) is 2.26. The minimum Gasteiger partial charge on any atom is -0.314 e. The van der Waals surface area contributed by atoms with E-state index in [9.17, 15) is 8.42 Å². The second-order valence-electron chi connectivity index (χ2n) is 5.46. The van der Waals surface area contributed by atoms with E-state index in [0.29, 0.717) is 17.5 Å². The van der Waals surface area contributed by atoms with Crippen molar-refractivity contribution in [2.24, 2.45) is 0 Å². The first kappa shape index (κ1) is 14.5. The van der Waals surface area contributed by atoms with E-state index in [1.807, 2.05) is 30.3 Å². The third kappa shape index (κ3) is 3.26. The summed E-state index contributed by atoms with van der Waals surface area (Å²) in [5.41, 5.74) is 0. The van der Waals surface area contributed by atoms with Gasteiger partial charge in [-0.05, 0) is 37.3 Å². The van der Waals surface area contributed by atoms with Crippen LogP contribution < -0.4 is 10.0 Å². The van der Waals surface area contributed by atoms with Gasteiger partial charge in [0.25, 0.3) is 0 Å². The Morgan fingerprint density at radius 3 is 2.76 bits per heavy atom. The lowest BCUT2D eigenvalue weighted by Crippen LogP contribution is -2.30. The van der Waals surface area contributed by atoms with Crippen molar-refractivity contribution in [1.29, 1.82) is 0 Å². The zero-order chi connectivity index (χ0) is 14.7. The van der Waals surface area contributed by atoms with Gasteiger partial charge in [-0.3, -0.25) is 0 Å². The van der Waals surface area contributed by atoms with Crippen LogP contribution in [0.3, 0.4) is 0 Å². The van der Waals surface area contributed by atoms with Crippen molar-refractivity contribution < 1.29 is 8.42 Å². The third-order valence-electron chi connectivity index (χ3n) is 3.99. The molecule has 1 atom stereocenters. The van der Waals surface area contributed by atoms with Crippen LogP contribution in [0.4, 0.5) is 0 Å². The maximum absolute atomic E-state index is 12.5. The molecule has 1 aliphatic rings. The molecule has 21 heavy (non-hydrogen) atoms. The summed E-state index contributed by atoms with van der Waals surface area (Å²) in [4.78, 5) is 0.361. The Morgan fingerprint density at radius 1 is 1.14 bits per heavy atom. The second kappa shape index (κ2) is 6.13. The van der Waals surface area contributed by atoms with Crippen LogP contribution in [0, 0.1) is 0 Å². The topological polar surface area (TPSA) is 58.2 Å². The van der Waals surface area contributed by atoms with Crippen LogP contribution in [0.1, 0.15) is 19.3 Å². The first-order valence-electron chi connectivity index (χ1n) is 7.38. The smallest absolute Gasteiger partial charge is 0.241 e. The van der Waals surface area contributed by atoms with Crippen molar-refractivity contribution in [1.82, 2.24) is 10.0 Å². The summed E-state index contributed by atoms with van der Waals surface area (Å²) in [5, 5.41) is 5.09. The van der Waals surface area contributed by atoms with Crippen LogP contribution in [0.5, 0.6) is 0 Å². The van der Waals surface area contributed by atoms with Gasteiger partial charge >= 0.3 is 0 Å². The van der Waals surface area contributed by atoms with Crippen LogP contribution in [0.15, 0.2) is 47.4 Å². The van der Waals surface area contributed by atoms with Gasteiger partial charge in [-0.15, -0.1) is 0 Å². The van der Waals surface area contributed by atoms with Crippen LogP contribution in [0.2, 0.25) is 0 Å². The molecule has 0 radical (unpaired) electrons. The van der Waals surface area contributed by atoms with E-state index in [0.717, 1.165) is 30.2 Å². The van der Waals surface area contributed by atoms with Gasteiger partial charge in [-0.2, -0.15) is 0 Å². The normalized spacial score (nSPS) is 19.1. The van der Waals surface area contributed by atoms with Crippen molar-refractivity contribution in [3.63, 3.8) is 0 Å². The maximum atomic E-state index is 12.5. The van der Waals surface area contributed by atoms with Gasteiger partial charge in [0.1, 0.15) is 0 Å². The van der Waals surface area contributed by atoms with E-state index in [4.69, 9.17) is 0 Å². The monoisotopic (exact) mass is 304 g/mol. The molecule has 2 N–H and O–H groups in total. The molecule has 1 heterocycles. The van der Waals surface area contributed by atoms with E-state index in [-0.39, 0.29) is 0 Å². The average Bonchev–Trinajstić information content (AvgIpc) is 3.00. The molecule has 2 aromatic rings. The lowest BCUT2D eigenvalue weighted by atomic mass is 10.1. The molecule has 0 aromatic heterocycles. The van der Waals surface area contributed by atoms with Gasteiger partial charge in [0.2, 0.25) is 10.0 Å². The first-order valence-corrected chi connectivity index (χ1v) is 8.86. The molecular formula is C16H20N2O2S. The zero-order valence-corrected chi connectivity index (χ0v) is 12.7. The Labute approximate surface area is 125 Å². The number of hydrogen-bond donors (Lipinski definition) is 2. The van der Waals surface area contributed by atoms with Gasteiger partial charge in [-0.25, -0.2) is 13.1 Å². The van der Waals surface area contributed by atoms with Crippen molar-refractivity contribution in [3.8, 4) is 0 Å². The molecule has 0 saturated carbocycles. The van der Waals surface area contributed by atoms with Crippen molar-refractivity contribution in [2.75, 3.05) is 13.1 Å². The van der Waals surface area contributed by atoms with Crippen LogP contribution in [-0.2, 0) is 10.0 Å². The van der Waals surface area contributed by atoms with Gasteiger partial charge in [0.15, 0.2) is 0 Å². The molecule has 1 fully saturated rings. The van der Waals surface area contributed by atoms with E-state index in [1.165, 1.54) is 6.42 Å². The average molecular weight is 304 g/mol. The summed E-state index contributed by atoms with van der Waals surface area (Å²) in [6.07, 6.45) is 3.15. The summed E-state index contributed by atoms with van der Waals surface area (Å²) >= 11 is 0. The fraction of sp³-hybridized carbons (Fsp3) is 0.375. The van der Waals surface area contributed by atoms with Crippen molar-refractivity contribution in [2.45, 2.75) is 30.2 Å². The number of nitrogens with one attached hydrogen (secondary N) is 2. The molecule has 0 spiro atoms. The minimum atomic E-state index is -3.46. The Bertz CT molecular complexity index is 717. The predicted molar refractivity (Wildman–Crippen MR) is 84.8 cm³/mol. The SMILES string of the molecule is O=S(=O)(NCCC1CCCN1)c1cccc2ccccc12. The Morgan fingerprint density at radius 2 is 1.95 bits per heavy atom. The highest BCUT2D eigenvalue weighted by Gasteiger charge is 2.18. The largest absolute Gasteiger partial charge is 0.314 e. The van der Waals surface area contributed by atoms with E-state index >= 15 is 0 Å². The molecule has 1 unspecified atom stereocenters. The molecule has 1 aliphatic heterocycles. The lowest BCUT2D eigenvalue weighted by Gasteiger charge is -2.12. The summed E-state index contributed by atoms with van der Waals surface area (Å²) < 4.78 is 27.7. The highest BCUT2D eigenvalue weighted by Crippen LogP contribution is 2.22. The molecule has 2 aromatic carbocycles. The maximum Gasteiger partial charge on any atom is 0.241 e. The zero-order valence-electron chi connectivity index (χ0n) is 11.9. The molecule has 0 aliphatic carbocycles. The fourth-order valence-electron chi connectivity index (χ4n) is 2.88. The minimum absolute atomic E-state index is 0.361. The van der Waals surface area contributed by atoms with Crippen LogP contribution in [0.25, 0.3) is 10.8 Å².